The third kappa shape index (κ3) is 2.60. The van der Waals surface area contributed by atoms with Crippen molar-refractivity contribution in [1.82, 2.24) is 0 Å². The number of hydrogen-bond donors (Lipinski definition) is 4. The second kappa shape index (κ2) is 6.68. The minimum Gasteiger partial charge on any atom is -0.508 e. The van der Waals surface area contributed by atoms with Crippen LogP contribution in [0.5, 0.6) is 23.0 Å². The number of furan rings is 1. The van der Waals surface area contributed by atoms with Crippen LogP contribution in [0.25, 0.3) is 21.9 Å². The van der Waals surface area contributed by atoms with E-state index >= 15 is 0 Å². The molecule has 5 aromatic rings. The summed E-state index contributed by atoms with van der Waals surface area (Å²) in [4.78, 5) is 0. The molecule has 2 aliphatic rings. The van der Waals surface area contributed by atoms with Crippen molar-refractivity contribution in [1.29, 1.82) is 0 Å². The fraction of sp³-hybridized carbons (Fsp3) is 0.143. The van der Waals surface area contributed by atoms with Gasteiger partial charge in [0.25, 0.3) is 0 Å². The minimum atomic E-state index is -0.380. The van der Waals surface area contributed by atoms with Crippen LogP contribution in [0.15, 0.2) is 77.2 Å². The number of benzene rings is 4. The lowest BCUT2D eigenvalue weighted by Gasteiger charge is -2.30. The van der Waals surface area contributed by atoms with Crippen molar-refractivity contribution in [2.24, 2.45) is 0 Å². The first-order valence-corrected chi connectivity index (χ1v) is 11.1. The number of ether oxygens (including phenoxy) is 1. The molecule has 4 atom stereocenters. The molecule has 4 N–H and O–H groups in total. The van der Waals surface area contributed by atoms with Gasteiger partial charge >= 0.3 is 0 Å². The number of fused-ring (bicyclic) bond motifs is 3. The molecule has 0 amide bonds. The molecular formula is C28H20O6. The molecule has 4 unspecified atom stereocenters. The molecule has 4 aromatic carbocycles. The zero-order valence-electron chi connectivity index (χ0n) is 17.8. The van der Waals surface area contributed by atoms with Gasteiger partial charge in [-0.1, -0.05) is 24.3 Å². The van der Waals surface area contributed by atoms with Crippen LogP contribution >= 0.6 is 0 Å². The number of aromatic hydroxyl groups is 4. The molecule has 1 aliphatic carbocycles. The van der Waals surface area contributed by atoms with Gasteiger partial charge in [-0.2, -0.15) is 0 Å². The molecule has 1 aliphatic heterocycles. The largest absolute Gasteiger partial charge is 0.508 e. The molecule has 0 bridgehead atoms. The number of phenolic OH excluding ortho intramolecular Hbond substituents is 4. The Hall–Kier alpha value is -4.16. The first-order valence-electron chi connectivity index (χ1n) is 11.1. The minimum absolute atomic E-state index is 0.102. The van der Waals surface area contributed by atoms with E-state index in [-0.39, 0.29) is 47.0 Å². The maximum Gasteiger partial charge on any atom is 0.139 e. The molecule has 6 heteroatoms. The Morgan fingerprint density at radius 1 is 0.500 bits per heavy atom. The van der Waals surface area contributed by atoms with Crippen LogP contribution in [-0.4, -0.2) is 20.4 Å². The van der Waals surface area contributed by atoms with E-state index in [0.717, 1.165) is 33.0 Å². The van der Waals surface area contributed by atoms with Crippen molar-refractivity contribution in [2.75, 3.05) is 0 Å². The van der Waals surface area contributed by atoms with Crippen molar-refractivity contribution in [3.63, 3.8) is 0 Å². The van der Waals surface area contributed by atoms with E-state index in [9.17, 15) is 20.4 Å². The van der Waals surface area contributed by atoms with Crippen molar-refractivity contribution in [2.45, 2.75) is 24.0 Å². The van der Waals surface area contributed by atoms with E-state index in [2.05, 4.69) is 0 Å². The van der Waals surface area contributed by atoms with Crippen LogP contribution in [0.4, 0.5) is 0 Å². The Morgan fingerprint density at radius 2 is 0.912 bits per heavy atom. The summed E-state index contributed by atoms with van der Waals surface area (Å²) >= 11 is 0. The average Bonchev–Trinajstić information content (AvgIpc) is 3.38. The van der Waals surface area contributed by atoms with Crippen molar-refractivity contribution in [3.8, 4) is 23.0 Å². The maximum atomic E-state index is 10.6. The van der Waals surface area contributed by atoms with Gasteiger partial charge in [0.2, 0.25) is 0 Å². The molecule has 168 valence electrons. The average molecular weight is 452 g/mol. The van der Waals surface area contributed by atoms with Crippen LogP contribution in [0.1, 0.15) is 46.3 Å². The van der Waals surface area contributed by atoms with Crippen molar-refractivity contribution >= 4 is 21.9 Å². The lowest BCUT2D eigenvalue weighted by Crippen LogP contribution is -2.17. The monoisotopic (exact) mass is 452 g/mol. The highest BCUT2D eigenvalue weighted by Crippen LogP contribution is 2.64. The first-order chi connectivity index (χ1) is 16.5. The summed E-state index contributed by atoms with van der Waals surface area (Å²) in [6.07, 6.45) is -0.760. The summed E-state index contributed by atoms with van der Waals surface area (Å²) < 4.78 is 12.8. The normalized spacial score (nSPS) is 23.1. The predicted molar refractivity (Wildman–Crippen MR) is 125 cm³/mol. The Balaban J connectivity index is 1.54. The summed E-state index contributed by atoms with van der Waals surface area (Å²) in [5.41, 5.74) is 4.77. The third-order valence-corrected chi connectivity index (χ3v) is 7.20. The Labute approximate surface area is 193 Å². The van der Waals surface area contributed by atoms with E-state index in [0.29, 0.717) is 11.2 Å². The number of rotatable bonds is 2. The van der Waals surface area contributed by atoms with E-state index in [1.54, 1.807) is 48.5 Å². The molecule has 2 heterocycles. The lowest BCUT2D eigenvalue weighted by atomic mass is 9.70. The summed E-state index contributed by atoms with van der Waals surface area (Å²) in [6, 6.07) is 20.7. The topological polar surface area (TPSA) is 103 Å². The number of hydrogen-bond acceptors (Lipinski definition) is 6. The fourth-order valence-corrected chi connectivity index (χ4v) is 5.90. The maximum absolute atomic E-state index is 10.6. The third-order valence-electron chi connectivity index (χ3n) is 7.20. The van der Waals surface area contributed by atoms with Gasteiger partial charge in [0.05, 0.1) is 12.2 Å². The summed E-state index contributed by atoms with van der Waals surface area (Å²) in [5.74, 6) is 0.171. The molecule has 34 heavy (non-hydrogen) atoms. The Kier molecular flexibility index (Phi) is 3.80. The highest BCUT2D eigenvalue weighted by atomic mass is 16.5. The van der Waals surface area contributed by atoms with Gasteiger partial charge in [0.1, 0.15) is 34.2 Å². The van der Waals surface area contributed by atoms with Gasteiger partial charge < -0.3 is 29.6 Å². The van der Waals surface area contributed by atoms with E-state index in [1.807, 2.05) is 24.3 Å². The molecule has 7 rings (SSSR count). The number of phenols is 4. The zero-order valence-corrected chi connectivity index (χ0v) is 17.8. The molecule has 0 radical (unpaired) electrons. The molecule has 1 saturated heterocycles. The van der Waals surface area contributed by atoms with Crippen LogP contribution in [0.2, 0.25) is 0 Å². The molecule has 6 nitrogen and oxygen atoms in total. The highest BCUT2D eigenvalue weighted by Gasteiger charge is 2.51. The SMILES string of the molecule is Oc1ccc(C2OC(c3ccc(O)cc3)C3c4cc(O)cc5oc6cc(O)cc(c6c45)C23)cc1. The second-order valence-electron chi connectivity index (χ2n) is 9.13. The lowest BCUT2D eigenvalue weighted by molar-refractivity contribution is 0.0369. The fourth-order valence-electron chi connectivity index (χ4n) is 5.90. The van der Waals surface area contributed by atoms with Crippen LogP contribution < -0.4 is 0 Å². The van der Waals surface area contributed by atoms with Gasteiger partial charge in [-0.15, -0.1) is 0 Å². The van der Waals surface area contributed by atoms with E-state index in [1.165, 1.54) is 0 Å². The van der Waals surface area contributed by atoms with E-state index < -0.39 is 0 Å². The molecule has 0 spiro atoms. The smallest absolute Gasteiger partial charge is 0.139 e. The first kappa shape index (κ1) is 19.3. The van der Waals surface area contributed by atoms with Gasteiger partial charge in [-0.25, -0.2) is 0 Å². The van der Waals surface area contributed by atoms with Gasteiger partial charge in [0.15, 0.2) is 0 Å². The van der Waals surface area contributed by atoms with Crippen LogP contribution in [0, 0.1) is 0 Å². The summed E-state index contributed by atoms with van der Waals surface area (Å²) in [5, 5.41) is 42.6. The van der Waals surface area contributed by atoms with Gasteiger partial charge in [0, 0.05) is 34.7 Å². The molecule has 0 saturated carbocycles. The molecule has 1 aromatic heterocycles. The predicted octanol–water partition coefficient (Wildman–Crippen LogP) is 6.10. The highest BCUT2D eigenvalue weighted by molar-refractivity contribution is 6.11. The molecule has 1 fully saturated rings. The quantitative estimate of drug-likeness (QED) is 0.258. The van der Waals surface area contributed by atoms with Crippen LogP contribution in [0.3, 0.4) is 0 Å². The molecular weight excluding hydrogens is 432 g/mol. The Morgan fingerprint density at radius 3 is 1.32 bits per heavy atom. The van der Waals surface area contributed by atoms with Crippen LogP contribution in [-0.2, 0) is 4.74 Å². The van der Waals surface area contributed by atoms with Gasteiger partial charge in [-0.3, -0.25) is 0 Å². The van der Waals surface area contributed by atoms with E-state index in [4.69, 9.17) is 9.15 Å². The second-order valence-corrected chi connectivity index (χ2v) is 9.13. The van der Waals surface area contributed by atoms with Crippen molar-refractivity contribution < 1.29 is 29.6 Å². The zero-order chi connectivity index (χ0) is 23.1. The summed E-state index contributed by atoms with van der Waals surface area (Å²) in [6.45, 7) is 0. The Bertz CT molecular complexity index is 1460. The summed E-state index contributed by atoms with van der Waals surface area (Å²) in [7, 11) is 0. The standard InChI is InChI=1S/C28H20O6/c29-15-5-1-13(2-6-15)27-25-19-9-17(31)11-21-23(19)24-20(10-18(32)12-22(24)33-21)26(25)28(34-27)14-3-7-16(30)8-4-14/h1-12,25-32H. The van der Waals surface area contributed by atoms with Gasteiger partial charge in [-0.05, 0) is 58.7 Å². The van der Waals surface area contributed by atoms with Crippen molar-refractivity contribution in [3.05, 3.63) is 95.1 Å².